The first kappa shape index (κ1) is 13.5. The van der Waals surface area contributed by atoms with Gasteiger partial charge in [-0.25, -0.2) is 4.39 Å². The van der Waals surface area contributed by atoms with Crippen molar-refractivity contribution in [2.45, 2.75) is 51.5 Å². The number of benzene rings is 1. The SMILES string of the molecule is CNC(c1cc(F)ccc1C)C1CCCCCC1. The van der Waals surface area contributed by atoms with Crippen LogP contribution in [0, 0.1) is 18.7 Å². The van der Waals surface area contributed by atoms with Gasteiger partial charge in [0.25, 0.3) is 0 Å². The lowest BCUT2D eigenvalue weighted by Crippen LogP contribution is -2.26. The molecule has 1 fully saturated rings. The van der Waals surface area contributed by atoms with E-state index in [4.69, 9.17) is 0 Å². The Bertz CT molecular complexity index is 381. The predicted molar refractivity (Wildman–Crippen MR) is 74.1 cm³/mol. The quantitative estimate of drug-likeness (QED) is 0.785. The lowest BCUT2D eigenvalue weighted by atomic mass is 9.85. The van der Waals surface area contributed by atoms with Crippen LogP contribution in [0.3, 0.4) is 0 Å². The third-order valence-electron chi connectivity index (χ3n) is 4.26. The average Bonchev–Trinajstić information content (AvgIpc) is 2.64. The highest BCUT2D eigenvalue weighted by Crippen LogP contribution is 2.34. The van der Waals surface area contributed by atoms with E-state index in [2.05, 4.69) is 12.2 Å². The Morgan fingerprint density at radius 2 is 1.83 bits per heavy atom. The van der Waals surface area contributed by atoms with Gasteiger partial charge in [0.15, 0.2) is 0 Å². The number of aryl methyl sites for hydroxylation is 1. The topological polar surface area (TPSA) is 12.0 Å². The van der Waals surface area contributed by atoms with Crippen molar-refractivity contribution in [1.29, 1.82) is 0 Å². The maximum absolute atomic E-state index is 13.5. The molecule has 0 saturated heterocycles. The van der Waals surface area contributed by atoms with Gasteiger partial charge in [0.2, 0.25) is 0 Å². The minimum Gasteiger partial charge on any atom is -0.313 e. The highest BCUT2D eigenvalue weighted by molar-refractivity contribution is 5.30. The molecule has 2 heteroatoms. The zero-order valence-electron chi connectivity index (χ0n) is 11.5. The number of hydrogen-bond acceptors (Lipinski definition) is 1. The zero-order valence-corrected chi connectivity index (χ0v) is 11.5. The van der Waals surface area contributed by atoms with Gasteiger partial charge in [-0.05, 0) is 56.0 Å². The molecule has 1 unspecified atom stereocenters. The van der Waals surface area contributed by atoms with Gasteiger partial charge in [0.1, 0.15) is 5.82 Å². The first-order valence-corrected chi connectivity index (χ1v) is 7.15. The van der Waals surface area contributed by atoms with Crippen molar-refractivity contribution in [1.82, 2.24) is 5.32 Å². The molecule has 0 bridgehead atoms. The van der Waals surface area contributed by atoms with Crippen LogP contribution in [0.4, 0.5) is 4.39 Å². The van der Waals surface area contributed by atoms with E-state index in [0.717, 1.165) is 5.56 Å². The van der Waals surface area contributed by atoms with Crippen LogP contribution < -0.4 is 5.32 Å². The van der Waals surface area contributed by atoms with E-state index < -0.39 is 0 Å². The molecule has 1 atom stereocenters. The van der Waals surface area contributed by atoms with Crippen molar-refractivity contribution in [3.8, 4) is 0 Å². The van der Waals surface area contributed by atoms with E-state index in [1.54, 1.807) is 12.1 Å². The van der Waals surface area contributed by atoms with E-state index >= 15 is 0 Å². The summed E-state index contributed by atoms with van der Waals surface area (Å²) in [5.41, 5.74) is 2.34. The number of nitrogens with one attached hydrogen (secondary N) is 1. The lowest BCUT2D eigenvalue weighted by molar-refractivity contribution is 0.340. The summed E-state index contributed by atoms with van der Waals surface area (Å²) in [5.74, 6) is 0.530. The predicted octanol–water partition coefficient (Wildman–Crippen LogP) is 4.37. The van der Waals surface area contributed by atoms with E-state index in [9.17, 15) is 4.39 Å². The van der Waals surface area contributed by atoms with Crippen molar-refractivity contribution in [2.75, 3.05) is 7.05 Å². The van der Waals surface area contributed by atoms with Gasteiger partial charge in [-0.1, -0.05) is 31.7 Å². The highest BCUT2D eigenvalue weighted by atomic mass is 19.1. The van der Waals surface area contributed by atoms with Gasteiger partial charge in [-0.15, -0.1) is 0 Å². The minimum absolute atomic E-state index is 0.121. The summed E-state index contributed by atoms with van der Waals surface area (Å²) in [4.78, 5) is 0. The Kier molecular flexibility index (Phi) is 4.76. The van der Waals surface area contributed by atoms with E-state index in [1.165, 1.54) is 44.1 Å². The molecule has 1 aromatic rings. The fourth-order valence-electron chi connectivity index (χ4n) is 3.24. The van der Waals surface area contributed by atoms with E-state index in [-0.39, 0.29) is 5.82 Å². The fraction of sp³-hybridized carbons (Fsp3) is 0.625. The Balaban J connectivity index is 2.23. The summed E-state index contributed by atoms with van der Waals surface area (Å²) < 4.78 is 13.5. The molecule has 18 heavy (non-hydrogen) atoms. The summed E-state index contributed by atoms with van der Waals surface area (Å²) >= 11 is 0. The molecule has 1 nitrogen and oxygen atoms in total. The van der Waals surface area contributed by atoms with E-state index in [0.29, 0.717) is 12.0 Å². The molecule has 0 aliphatic heterocycles. The standard InChI is InChI=1S/C16H24FN/c1-12-9-10-14(17)11-15(12)16(18-2)13-7-5-3-4-6-8-13/h9-11,13,16,18H,3-8H2,1-2H3. The molecule has 100 valence electrons. The summed E-state index contributed by atoms with van der Waals surface area (Å²) in [5, 5.41) is 3.42. The Labute approximate surface area is 110 Å². The molecular weight excluding hydrogens is 225 g/mol. The van der Waals surface area contributed by atoms with Crippen LogP contribution in [-0.2, 0) is 0 Å². The summed E-state index contributed by atoms with van der Waals surface area (Å²) in [6.45, 7) is 2.08. The number of halogens is 1. The molecular formula is C16H24FN. The Morgan fingerprint density at radius 3 is 2.44 bits per heavy atom. The van der Waals surface area contributed by atoms with Crippen LogP contribution in [-0.4, -0.2) is 7.05 Å². The Hall–Kier alpha value is -0.890. The van der Waals surface area contributed by atoms with Crippen LogP contribution in [0.5, 0.6) is 0 Å². The molecule has 1 aromatic carbocycles. The lowest BCUT2D eigenvalue weighted by Gasteiger charge is -2.27. The third-order valence-corrected chi connectivity index (χ3v) is 4.26. The molecule has 1 saturated carbocycles. The highest BCUT2D eigenvalue weighted by Gasteiger charge is 2.24. The van der Waals surface area contributed by atoms with Crippen molar-refractivity contribution < 1.29 is 4.39 Å². The fourth-order valence-corrected chi connectivity index (χ4v) is 3.24. The van der Waals surface area contributed by atoms with Gasteiger partial charge in [-0.3, -0.25) is 0 Å². The maximum Gasteiger partial charge on any atom is 0.123 e. The van der Waals surface area contributed by atoms with Crippen LogP contribution in [0.15, 0.2) is 18.2 Å². The van der Waals surface area contributed by atoms with Gasteiger partial charge in [0.05, 0.1) is 0 Å². The van der Waals surface area contributed by atoms with Gasteiger partial charge in [0, 0.05) is 6.04 Å². The van der Waals surface area contributed by atoms with Crippen molar-refractivity contribution >= 4 is 0 Å². The second-order valence-electron chi connectivity index (χ2n) is 5.52. The normalized spacial score (nSPS) is 19.5. The van der Waals surface area contributed by atoms with Crippen LogP contribution in [0.25, 0.3) is 0 Å². The third kappa shape index (κ3) is 3.11. The van der Waals surface area contributed by atoms with Crippen molar-refractivity contribution in [3.05, 3.63) is 35.1 Å². The maximum atomic E-state index is 13.5. The molecule has 0 radical (unpaired) electrons. The van der Waals surface area contributed by atoms with Crippen LogP contribution in [0.1, 0.15) is 55.7 Å². The summed E-state index contributed by atoms with van der Waals surface area (Å²) in [6, 6.07) is 5.46. The van der Waals surface area contributed by atoms with Crippen molar-refractivity contribution in [3.63, 3.8) is 0 Å². The first-order chi connectivity index (χ1) is 8.72. The summed E-state index contributed by atoms with van der Waals surface area (Å²) in [6.07, 6.45) is 7.88. The molecule has 1 aliphatic rings. The first-order valence-electron chi connectivity index (χ1n) is 7.15. The van der Waals surface area contributed by atoms with Gasteiger partial charge in [-0.2, -0.15) is 0 Å². The summed E-state index contributed by atoms with van der Waals surface area (Å²) in [7, 11) is 2.00. The van der Waals surface area contributed by atoms with Crippen molar-refractivity contribution in [2.24, 2.45) is 5.92 Å². The monoisotopic (exact) mass is 249 g/mol. The Morgan fingerprint density at radius 1 is 1.17 bits per heavy atom. The molecule has 0 spiro atoms. The molecule has 0 aromatic heterocycles. The van der Waals surface area contributed by atoms with Crippen LogP contribution >= 0.6 is 0 Å². The second-order valence-corrected chi connectivity index (χ2v) is 5.52. The molecule has 0 heterocycles. The molecule has 1 N–H and O–H groups in total. The van der Waals surface area contributed by atoms with Gasteiger partial charge < -0.3 is 5.32 Å². The average molecular weight is 249 g/mol. The second kappa shape index (κ2) is 6.33. The van der Waals surface area contributed by atoms with Crippen LogP contribution in [0.2, 0.25) is 0 Å². The molecule has 0 amide bonds. The molecule has 1 aliphatic carbocycles. The smallest absolute Gasteiger partial charge is 0.123 e. The molecule has 2 rings (SSSR count). The number of hydrogen-bond donors (Lipinski definition) is 1. The largest absolute Gasteiger partial charge is 0.313 e. The van der Waals surface area contributed by atoms with Gasteiger partial charge >= 0.3 is 0 Å². The minimum atomic E-state index is -0.121. The number of rotatable bonds is 3. The van der Waals surface area contributed by atoms with E-state index in [1.807, 2.05) is 13.1 Å². The zero-order chi connectivity index (χ0) is 13.0.